The zero-order valence-electron chi connectivity index (χ0n) is 13.5. The number of aromatic nitrogens is 1. The molecule has 0 unspecified atom stereocenters. The maximum atomic E-state index is 4.20. The quantitative estimate of drug-likeness (QED) is 0.814. The molecule has 3 nitrogen and oxygen atoms in total. The number of hydrogen-bond donors (Lipinski definition) is 0. The molecule has 2 aromatic rings. The fourth-order valence-electron chi connectivity index (χ4n) is 3.28. The van der Waals surface area contributed by atoms with E-state index in [0.29, 0.717) is 0 Å². The Morgan fingerprint density at radius 2 is 2.32 bits per heavy atom. The Kier molecular flexibility index (Phi) is 5.24. The molecule has 2 aromatic heterocycles. The topological polar surface area (TPSA) is 19.4 Å². The highest BCUT2D eigenvalue weighted by atomic mass is 32.1. The molecule has 1 fully saturated rings. The molecule has 1 aliphatic rings. The third kappa shape index (κ3) is 4.15. The molecular weight excluding hydrogens is 290 g/mol. The van der Waals surface area contributed by atoms with Gasteiger partial charge in [0, 0.05) is 43.4 Å². The number of aryl methyl sites for hydroxylation is 1. The lowest BCUT2D eigenvalue weighted by atomic mass is 10.1. The van der Waals surface area contributed by atoms with Crippen LogP contribution in [0, 0.1) is 12.8 Å². The van der Waals surface area contributed by atoms with Crippen LogP contribution in [0.2, 0.25) is 0 Å². The second-order valence-corrected chi connectivity index (χ2v) is 7.48. The summed E-state index contributed by atoms with van der Waals surface area (Å²) in [4.78, 5) is 10.8. The van der Waals surface area contributed by atoms with E-state index < -0.39 is 0 Å². The van der Waals surface area contributed by atoms with Crippen LogP contribution in [-0.4, -0.2) is 41.5 Å². The Labute approximate surface area is 137 Å². The number of nitrogens with zero attached hydrogens (tertiary/aromatic N) is 3. The highest BCUT2D eigenvalue weighted by Crippen LogP contribution is 2.23. The summed E-state index contributed by atoms with van der Waals surface area (Å²) >= 11 is 1.89. The van der Waals surface area contributed by atoms with Gasteiger partial charge in [-0.15, -0.1) is 11.3 Å². The van der Waals surface area contributed by atoms with Gasteiger partial charge in [0.1, 0.15) is 0 Å². The van der Waals surface area contributed by atoms with E-state index in [0.717, 1.165) is 19.0 Å². The Bertz CT molecular complexity index is 581. The van der Waals surface area contributed by atoms with Crippen LogP contribution in [0.1, 0.15) is 22.4 Å². The van der Waals surface area contributed by atoms with Crippen LogP contribution in [0.25, 0.3) is 0 Å². The average molecular weight is 315 g/mol. The summed E-state index contributed by atoms with van der Waals surface area (Å²) in [7, 11) is 2.22. The van der Waals surface area contributed by atoms with Gasteiger partial charge in [-0.2, -0.15) is 0 Å². The lowest BCUT2D eigenvalue weighted by molar-refractivity contribution is 0.255. The molecule has 4 heteroatoms. The maximum Gasteiger partial charge on any atom is 0.0330 e. The summed E-state index contributed by atoms with van der Waals surface area (Å²) < 4.78 is 0. The van der Waals surface area contributed by atoms with Crippen LogP contribution >= 0.6 is 11.3 Å². The fraction of sp³-hybridized carbons (Fsp3) is 0.500. The molecule has 22 heavy (non-hydrogen) atoms. The third-order valence-electron chi connectivity index (χ3n) is 4.45. The normalized spacial score (nSPS) is 19.1. The van der Waals surface area contributed by atoms with Crippen LogP contribution < -0.4 is 0 Å². The van der Waals surface area contributed by atoms with Gasteiger partial charge in [-0.3, -0.25) is 9.88 Å². The van der Waals surface area contributed by atoms with Crippen molar-refractivity contribution in [2.45, 2.75) is 26.4 Å². The lowest BCUT2D eigenvalue weighted by Crippen LogP contribution is -2.28. The van der Waals surface area contributed by atoms with Gasteiger partial charge in [-0.1, -0.05) is 6.07 Å². The second-order valence-electron chi connectivity index (χ2n) is 6.47. The average Bonchev–Trinajstić information content (AvgIpc) is 3.10. The van der Waals surface area contributed by atoms with Crippen LogP contribution in [0.15, 0.2) is 36.0 Å². The van der Waals surface area contributed by atoms with Crippen LogP contribution in [0.4, 0.5) is 0 Å². The molecule has 0 aromatic carbocycles. The van der Waals surface area contributed by atoms with Crippen LogP contribution in [0.5, 0.6) is 0 Å². The summed E-state index contributed by atoms with van der Waals surface area (Å²) in [6.07, 6.45) is 5.13. The minimum Gasteiger partial charge on any atom is -0.302 e. The van der Waals surface area contributed by atoms with Gasteiger partial charge in [0.25, 0.3) is 0 Å². The molecular formula is C18H25N3S. The Morgan fingerprint density at radius 3 is 3.05 bits per heavy atom. The van der Waals surface area contributed by atoms with E-state index in [2.05, 4.69) is 46.3 Å². The molecule has 1 atom stereocenters. The summed E-state index contributed by atoms with van der Waals surface area (Å²) in [5.41, 5.74) is 2.75. The van der Waals surface area contributed by atoms with Gasteiger partial charge in [0.2, 0.25) is 0 Å². The van der Waals surface area contributed by atoms with Crippen molar-refractivity contribution in [2.75, 3.05) is 26.7 Å². The number of hydrogen-bond acceptors (Lipinski definition) is 4. The third-order valence-corrected chi connectivity index (χ3v) is 5.46. The summed E-state index contributed by atoms with van der Waals surface area (Å²) in [6.45, 7) is 7.99. The number of rotatable bonds is 6. The maximum absolute atomic E-state index is 4.20. The molecule has 0 saturated carbocycles. The molecule has 0 aliphatic carbocycles. The molecule has 0 radical (unpaired) electrons. The number of thiophene rings is 1. The van der Waals surface area contributed by atoms with Gasteiger partial charge in [0.15, 0.2) is 0 Å². The van der Waals surface area contributed by atoms with Gasteiger partial charge in [-0.25, -0.2) is 0 Å². The standard InChI is InChI=1S/C18H25N3S/c1-15-6-9-22-18(15)14-21-8-5-17(13-21)12-20(2)11-16-4-3-7-19-10-16/h3-4,6-7,9-10,17H,5,8,11-14H2,1-2H3/t17-/m0/s1. The monoisotopic (exact) mass is 315 g/mol. The van der Waals surface area contributed by atoms with Crippen molar-refractivity contribution in [3.8, 4) is 0 Å². The minimum atomic E-state index is 0.793. The van der Waals surface area contributed by atoms with E-state index in [9.17, 15) is 0 Å². The Balaban J connectivity index is 1.45. The second kappa shape index (κ2) is 7.36. The largest absolute Gasteiger partial charge is 0.302 e. The van der Waals surface area contributed by atoms with E-state index in [4.69, 9.17) is 0 Å². The molecule has 0 spiro atoms. The van der Waals surface area contributed by atoms with Crippen molar-refractivity contribution in [2.24, 2.45) is 5.92 Å². The molecule has 3 rings (SSSR count). The summed E-state index contributed by atoms with van der Waals surface area (Å²) in [5.74, 6) is 0.793. The molecule has 0 amide bonds. The van der Waals surface area contributed by atoms with Crippen molar-refractivity contribution >= 4 is 11.3 Å². The molecule has 0 bridgehead atoms. The zero-order valence-corrected chi connectivity index (χ0v) is 14.4. The van der Waals surface area contributed by atoms with E-state index >= 15 is 0 Å². The van der Waals surface area contributed by atoms with E-state index in [1.807, 2.05) is 29.8 Å². The molecule has 118 valence electrons. The fourth-order valence-corrected chi connectivity index (χ4v) is 4.23. The van der Waals surface area contributed by atoms with Gasteiger partial charge in [0.05, 0.1) is 0 Å². The smallest absolute Gasteiger partial charge is 0.0330 e. The predicted molar refractivity (Wildman–Crippen MR) is 93.0 cm³/mol. The first kappa shape index (κ1) is 15.7. The van der Waals surface area contributed by atoms with Crippen molar-refractivity contribution in [3.63, 3.8) is 0 Å². The van der Waals surface area contributed by atoms with E-state index in [1.165, 1.54) is 42.1 Å². The van der Waals surface area contributed by atoms with Crippen molar-refractivity contribution in [3.05, 3.63) is 52.0 Å². The molecule has 1 saturated heterocycles. The SMILES string of the molecule is Cc1ccsc1CN1CC[C@@H](CN(C)Cc2cccnc2)C1. The predicted octanol–water partition coefficient (Wildman–Crippen LogP) is 3.41. The number of pyridine rings is 1. The van der Waals surface area contributed by atoms with Crippen LogP contribution in [-0.2, 0) is 13.1 Å². The van der Waals surface area contributed by atoms with Crippen molar-refractivity contribution in [1.82, 2.24) is 14.8 Å². The molecule has 1 aliphatic heterocycles. The molecule has 3 heterocycles. The Morgan fingerprint density at radius 1 is 1.41 bits per heavy atom. The molecule has 0 N–H and O–H groups in total. The highest BCUT2D eigenvalue weighted by Gasteiger charge is 2.24. The van der Waals surface area contributed by atoms with Gasteiger partial charge in [-0.05, 0) is 61.5 Å². The Hall–Kier alpha value is -1.23. The minimum absolute atomic E-state index is 0.793. The van der Waals surface area contributed by atoms with E-state index in [-0.39, 0.29) is 0 Å². The first-order valence-electron chi connectivity index (χ1n) is 8.03. The van der Waals surface area contributed by atoms with Crippen LogP contribution in [0.3, 0.4) is 0 Å². The first-order valence-corrected chi connectivity index (χ1v) is 8.91. The van der Waals surface area contributed by atoms with Crippen molar-refractivity contribution in [1.29, 1.82) is 0 Å². The van der Waals surface area contributed by atoms with Gasteiger partial charge >= 0.3 is 0 Å². The highest BCUT2D eigenvalue weighted by molar-refractivity contribution is 7.10. The summed E-state index contributed by atoms with van der Waals surface area (Å²) in [5, 5.41) is 2.21. The van der Waals surface area contributed by atoms with Crippen molar-refractivity contribution < 1.29 is 0 Å². The first-order chi connectivity index (χ1) is 10.7. The number of likely N-dealkylation sites (tertiary alicyclic amines) is 1. The zero-order chi connectivity index (χ0) is 15.4. The lowest BCUT2D eigenvalue weighted by Gasteiger charge is -2.21. The van der Waals surface area contributed by atoms with Gasteiger partial charge < -0.3 is 4.90 Å². The van der Waals surface area contributed by atoms with E-state index in [1.54, 1.807) is 0 Å². The summed E-state index contributed by atoms with van der Waals surface area (Å²) in [6, 6.07) is 6.41.